The molecule has 2 aromatic rings. The molecule has 1 N–H and O–H groups in total. The number of halogens is 1. The Bertz CT molecular complexity index is 750. The van der Waals surface area contributed by atoms with Crippen molar-refractivity contribution in [2.75, 3.05) is 7.05 Å². The molecule has 1 nitrogen and oxygen atoms in total. The molecule has 3 rings (SSSR count). The molecule has 0 aromatic heterocycles. The Balaban J connectivity index is 1.73. The molecular formula is C26H36ClN. The van der Waals surface area contributed by atoms with Gasteiger partial charge in [0.05, 0.1) is 0 Å². The number of benzene rings is 2. The second kappa shape index (κ2) is 10.5. The van der Waals surface area contributed by atoms with E-state index in [0.29, 0.717) is 6.04 Å². The lowest BCUT2D eigenvalue weighted by Gasteiger charge is -2.21. The molecule has 0 bridgehead atoms. The fraction of sp³-hybridized carbons (Fsp3) is 0.538. The lowest BCUT2D eigenvalue weighted by atomic mass is 9.90. The van der Waals surface area contributed by atoms with Crippen molar-refractivity contribution in [3.8, 4) is 0 Å². The van der Waals surface area contributed by atoms with Crippen molar-refractivity contribution in [3.63, 3.8) is 0 Å². The van der Waals surface area contributed by atoms with E-state index in [2.05, 4.69) is 62.6 Å². The standard InChI is InChI=1S/C26H36ClN/c1-4-5-7-19(2)12-26(28-3)18-22-14-21(15-24(16-22)23-10-11-23)13-20-8-6-9-25(27)17-20/h6,8-9,14-17,19,23,26,28H,4-5,7,10-13,18H2,1-3H3/t19-,26?/m1/s1. The Morgan fingerprint density at radius 1 is 1.07 bits per heavy atom. The molecule has 1 fully saturated rings. The van der Waals surface area contributed by atoms with Crippen molar-refractivity contribution in [1.82, 2.24) is 5.32 Å². The van der Waals surface area contributed by atoms with Gasteiger partial charge >= 0.3 is 0 Å². The molecule has 0 amide bonds. The summed E-state index contributed by atoms with van der Waals surface area (Å²) in [5.41, 5.74) is 5.76. The fourth-order valence-electron chi connectivity index (χ4n) is 4.29. The zero-order chi connectivity index (χ0) is 19.9. The van der Waals surface area contributed by atoms with Gasteiger partial charge in [0.15, 0.2) is 0 Å². The molecule has 1 aliphatic rings. The summed E-state index contributed by atoms with van der Waals surface area (Å²) in [6.07, 6.45) is 10.0. The van der Waals surface area contributed by atoms with E-state index < -0.39 is 0 Å². The third-order valence-corrected chi connectivity index (χ3v) is 6.28. The van der Waals surface area contributed by atoms with Gasteiger partial charge in [0.1, 0.15) is 0 Å². The molecule has 1 unspecified atom stereocenters. The van der Waals surface area contributed by atoms with E-state index in [1.165, 1.54) is 55.2 Å². The first-order chi connectivity index (χ1) is 13.6. The van der Waals surface area contributed by atoms with Gasteiger partial charge in [0.2, 0.25) is 0 Å². The number of hydrogen-bond donors (Lipinski definition) is 1. The molecule has 0 spiro atoms. The van der Waals surface area contributed by atoms with E-state index in [1.54, 1.807) is 5.56 Å². The number of unbranched alkanes of at least 4 members (excludes halogenated alkanes) is 1. The molecule has 0 heterocycles. The topological polar surface area (TPSA) is 12.0 Å². The molecule has 2 aromatic carbocycles. The monoisotopic (exact) mass is 397 g/mol. The third-order valence-electron chi connectivity index (χ3n) is 6.05. The number of hydrogen-bond acceptors (Lipinski definition) is 1. The van der Waals surface area contributed by atoms with Crippen LogP contribution in [0.25, 0.3) is 0 Å². The van der Waals surface area contributed by atoms with E-state index in [0.717, 1.165) is 29.7 Å². The van der Waals surface area contributed by atoms with Crippen molar-refractivity contribution < 1.29 is 0 Å². The average Bonchev–Trinajstić information content (AvgIpc) is 3.51. The summed E-state index contributed by atoms with van der Waals surface area (Å²) in [6, 6.07) is 16.2. The van der Waals surface area contributed by atoms with Gasteiger partial charge in [0.25, 0.3) is 0 Å². The molecule has 1 saturated carbocycles. The maximum atomic E-state index is 6.20. The van der Waals surface area contributed by atoms with Gasteiger partial charge in [-0.3, -0.25) is 0 Å². The average molecular weight is 398 g/mol. The summed E-state index contributed by atoms with van der Waals surface area (Å²) in [7, 11) is 2.12. The van der Waals surface area contributed by atoms with E-state index in [-0.39, 0.29) is 0 Å². The van der Waals surface area contributed by atoms with Crippen LogP contribution >= 0.6 is 11.6 Å². The van der Waals surface area contributed by atoms with Crippen molar-refractivity contribution >= 4 is 11.6 Å². The molecule has 2 atom stereocenters. The first kappa shape index (κ1) is 21.4. The van der Waals surface area contributed by atoms with Crippen molar-refractivity contribution in [1.29, 1.82) is 0 Å². The minimum Gasteiger partial charge on any atom is -0.317 e. The van der Waals surface area contributed by atoms with Crippen LogP contribution in [0.3, 0.4) is 0 Å². The number of likely N-dealkylation sites (N-methyl/N-ethyl adjacent to an activating group) is 1. The first-order valence-corrected chi connectivity index (χ1v) is 11.5. The Morgan fingerprint density at radius 3 is 2.54 bits per heavy atom. The van der Waals surface area contributed by atoms with Crippen LogP contribution in [0.15, 0.2) is 42.5 Å². The predicted molar refractivity (Wildman–Crippen MR) is 123 cm³/mol. The van der Waals surface area contributed by atoms with Crippen LogP contribution in [0.4, 0.5) is 0 Å². The van der Waals surface area contributed by atoms with Crippen molar-refractivity contribution in [2.24, 2.45) is 5.92 Å². The minimum absolute atomic E-state index is 0.556. The third kappa shape index (κ3) is 6.64. The van der Waals surface area contributed by atoms with Gasteiger partial charge in [-0.25, -0.2) is 0 Å². The van der Waals surface area contributed by atoms with Gasteiger partial charge in [-0.2, -0.15) is 0 Å². The van der Waals surface area contributed by atoms with Crippen molar-refractivity contribution in [3.05, 3.63) is 69.7 Å². The minimum atomic E-state index is 0.556. The largest absolute Gasteiger partial charge is 0.317 e. The molecular weight excluding hydrogens is 362 g/mol. The van der Waals surface area contributed by atoms with Crippen LogP contribution < -0.4 is 5.32 Å². The Kier molecular flexibility index (Phi) is 8.00. The number of nitrogens with one attached hydrogen (secondary N) is 1. The van der Waals surface area contributed by atoms with Gasteiger partial charge in [-0.05, 0) is 85.4 Å². The maximum Gasteiger partial charge on any atom is 0.0408 e. The molecule has 28 heavy (non-hydrogen) atoms. The summed E-state index contributed by atoms with van der Waals surface area (Å²) in [6.45, 7) is 4.69. The molecule has 152 valence electrons. The summed E-state index contributed by atoms with van der Waals surface area (Å²) in [5.74, 6) is 1.57. The second-order valence-electron chi connectivity index (χ2n) is 8.84. The highest BCUT2D eigenvalue weighted by Gasteiger charge is 2.24. The van der Waals surface area contributed by atoms with Gasteiger partial charge in [-0.1, -0.05) is 75.0 Å². The molecule has 2 heteroatoms. The number of rotatable bonds is 11. The van der Waals surface area contributed by atoms with Gasteiger partial charge in [-0.15, -0.1) is 0 Å². The van der Waals surface area contributed by atoms with Crippen LogP contribution in [0.1, 0.15) is 80.5 Å². The molecule has 1 aliphatic carbocycles. The Labute approximate surface area is 176 Å². The van der Waals surface area contributed by atoms with E-state index in [4.69, 9.17) is 11.6 Å². The SMILES string of the molecule is CCCC[C@@H](C)CC(Cc1cc(Cc2cccc(Cl)c2)cc(C2CC2)c1)NC. The zero-order valence-electron chi connectivity index (χ0n) is 17.8. The van der Waals surface area contributed by atoms with Gasteiger partial charge < -0.3 is 5.32 Å². The van der Waals surface area contributed by atoms with Crippen LogP contribution in [0, 0.1) is 5.92 Å². The summed E-state index contributed by atoms with van der Waals surface area (Å²) < 4.78 is 0. The molecule has 0 aliphatic heterocycles. The van der Waals surface area contributed by atoms with Crippen LogP contribution in [-0.4, -0.2) is 13.1 Å². The second-order valence-corrected chi connectivity index (χ2v) is 9.27. The highest BCUT2D eigenvalue weighted by atomic mass is 35.5. The summed E-state index contributed by atoms with van der Waals surface area (Å²) in [5, 5.41) is 4.41. The Hall–Kier alpha value is -1.31. The first-order valence-electron chi connectivity index (χ1n) is 11.1. The molecule has 0 radical (unpaired) electrons. The molecule has 0 saturated heterocycles. The lowest BCUT2D eigenvalue weighted by Crippen LogP contribution is -2.29. The summed E-state index contributed by atoms with van der Waals surface area (Å²) >= 11 is 6.20. The van der Waals surface area contributed by atoms with Gasteiger partial charge in [0, 0.05) is 11.1 Å². The zero-order valence-corrected chi connectivity index (χ0v) is 18.6. The van der Waals surface area contributed by atoms with Crippen LogP contribution in [0.2, 0.25) is 5.02 Å². The van der Waals surface area contributed by atoms with E-state index in [9.17, 15) is 0 Å². The quantitative estimate of drug-likeness (QED) is 0.424. The fourth-order valence-corrected chi connectivity index (χ4v) is 4.50. The smallest absolute Gasteiger partial charge is 0.0408 e. The predicted octanol–water partition coefficient (Wildman–Crippen LogP) is 7.16. The highest BCUT2D eigenvalue weighted by Crippen LogP contribution is 2.41. The lowest BCUT2D eigenvalue weighted by molar-refractivity contribution is 0.391. The highest BCUT2D eigenvalue weighted by molar-refractivity contribution is 6.30. The summed E-state index contributed by atoms with van der Waals surface area (Å²) in [4.78, 5) is 0. The van der Waals surface area contributed by atoms with E-state index in [1.807, 2.05) is 6.07 Å². The normalized spacial score (nSPS) is 16.1. The van der Waals surface area contributed by atoms with Crippen LogP contribution in [-0.2, 0) is 12.8 Å². The Morgan fingerprint density at radius 2 is 1.86 bits per heavy atom. The van der Waals surface area contributed by atoms with Crippen molar-refractivity contribution in [2.45, 2.75) is 77.2 Å². The van der Waals surface area contributed by atoms with Crippen LogP contribution in [0.5, 0.6) is 0 Å². The van der Waals surface area contributed by atoms with E-state index >= 15 is 0 Å². The maximum absolute atomic E-state index is 6.20.